The number of nitrogens with zero attached hydrogens (tertiary/aromatic N) is 2. The van der Waals surface area contributed by atoms with E-state index in [0.717, 1.165) is 32.5 Å². The molecule has 1 amide bonds. The summed E-state index contributed by atoms with van der Waals surface area (Å²) in [6, 6.07) is 0.171. The Kier molecular flexibility index (Phi) is 4.59. The van der Waals surface area contributed by atoms with E-state index in [4.69, 9.17) is 0 Å². The number of aliphatic hydroxyl groups excluding tert-OH is 1. The number of rotatable bonds is 3. The van der Waals surface area contributed by atoms with Gasteiger partial charge < -0.3 is 20.2 Å². The van der Waals surface area contributed by atoms with Crippen molar-refractivity contribution in [2.75, 3.05) is 40.3 Å². The molecule has 0 aromatic rings. The van der Waals surface area contributed by atoms with Gasteiger partial charge in [0.2, 0.25) is 5.91 Å². The largest absolute Gasteiger partial charge is 0.391 e. The third kappa shape index (κ3) is 3.22. The molecule has 2 saturated heterocycles. The number of hydrogen-bond acceptors (Lipinski definition) is 4. The Hall–Kier alpha value is -0.650. The van der Waals surface area contributed by atoms with Crippen LogP contribution in [-0.2, 0) is 4.79 Å². The Labute approximate surface area is 109 Å². The zero-order valence-corrected chi connectivity index (χ0v) is 11.4. The second-order valence-electron chi connectivity index (χ2n) is 5.84. The van der Waals surface area contributed by atoms with Crippen LogP contribution in [0.5, 0.6) is 0 Å². The van der Waals surface area contributed by atoms with E-state index in [1.165, 1.54) is 0 Å². The molecule has 0 aliphatic carbocycles. The highest BCUT2D eigenvalue weighted by atomic mass is 16.3. The number of carbonyl (C=O) groups excluding carboxylic acids is 1. The molecule has 0 spiro atoms. The second-order valence-corrected chi connectivity index (χ2v) is 5.84. The summed E-state index contributed by atoms with van der Waals surface area (Å²) in [5.41, 5.74) is 0. The smallest absolute Gasteiger partial charge is 0.227 e. The van der Waals surface area contributed by atoms with Crippen LogP contribution in [-0.4, -0.2) is 73.2 Å². The topological polar surface area (TPSA) is 55.8 Å². The SMILES string of the molecule is CN(C)CC1CC(O)CN1C(=O)C1CCCNC1. The van der Waals surface area contributed by atoms with E-state index in [-0.39, 0.29) is 24.0 Å². The highest BCUT2D eigenvalue weighted by Gasteiger charge is 2.37. The van der Waals surface area contributed by atoms with Gasteiger partial charge in [-0.2, -0.15) is 0 Å². The normalized spacial score (nSPS) is 33.1. The molecule has 5 heteroatoms. The number of carbonyl (C=O) groups is 1. The summed E-state index contributed by atoms with van der Waals surface area (Å²) >= 11 is 0. The predicted octanol–water partition coefficient (Wildman–Crippen LogP) is -0.491. The van der Waals surface area contributed by atoms with Gasteiger partial charge in [-0.05, 0) is 39.9 Å². The van der Waals surface area contributed by atoms with E-state index in [0.29, 0.717) is 13.0 Å². The molecule has 0 radical (unpaired) electrons. The lowest BCUT2D eigenvalue weighted by atomic mass is 9.98. The molecule has 2 aliphatic rings. The number of hydrogen-bond donors (Lipinski definition) is 2. The number of amides is 1. The van der Waals surface area contributed by atoms with Crippen molar-refractivity contribution in [3.63, 3.8) is 0 Å². The van der Waals surface area contributed by atoms with Crippen LogP contribution in [0, 0.1) is 5.92 Å². The van der Waals surface area contributed by atoms with Gasteiger partial charge in [-0.15, -0.1) is 0 Å². The van der Waals surface area contributed by atoms with Crippen LogP contribution in [0.3, 0.4) is 0 Å². The van der Waals surface area contributed by atoms with Crippen molar-refractivity contribution in [3.05, 3.63) is 0 Å². The van der Waals surface area contributed by atoms with E-state index in [1.54, 1.807) is 0 Å². The Balaban J connectivity index is 1.97. The molecule has 2 heterocycles. The van der Waals surface area contributed by atoms with Crippen molar-refractivity contribution >= 4 is 5.91 Å². The summed E-state index contributed by atoms with van der Waals surface area (Å²) < 4.78 is 0. The van der Waals surface area contributed by atoms with E-state index in [9.17, 15) is 9.90 Å². The molecule has 0 aromatic carbocycles. The predicted molar refractivity (Wildman–Crippen MR) is 70.3 cm³/mol. The Morgan fingerprint density at radius 3 is 2.89 bits per heavy atom. The Bertz CT molecular complexity index is 290. The molecule has 3 atom stereocenters. The van der Waals surface area contributed by atoms with Crippen molar-refractivity contribution in [2.24, 2.45) is 5.92 Å². The Morgan fingerprint density at radius 1 is 1.50 bits per heavy atom. The summed E-state index contributed by atoms with van der Waals surface area (Å²) in [4.78, 5) is 16.5. The van der Waals surface area contributed by atoms with Crippen molar-refractivity contribution in [1.29, 1.82) is 0 Å². The standard InChI is InChI=1S/C13H25N3O2/c1-15(2)8-11-6-12(17)9-16(11)13(18)10-4-3-5-14-7-10/h10-12,14,17H,3-9H2,1-2H3. The van der Waals surface area contributed by atoms with Crippen LogP contribution in [0.1, 0.15) is 19.3 Å². The Morgan fingerprint density at radius 2 is 2.28 bits per heavy atom. The monoisotopic (exact) mass is 255 g/mol. The highest BCUT2D eigenvalue weighted by molar-refractivity contribution is 5.80. The molecule has 0 bridgehead atoms. The molecule has 2 aliphatic heterocycles. The van der Waals surface area contributed by atoms with Gasteiger partial charge in [-0.25, -0.2) is 0 Å². The molecular weight excluding hydrogens is 230 g/mol. The van der Waals surface area contributed by atoms with Gasteiger partial charge in [-0.1, -0.05) is 0 Å². The van der Waals surface area contributed by atoms with Crippen molar-refractivity contribution < 1.29 is 9.90 Å². The summed E-state index contributed by atoms with van der Waals surface area (Å²) in [5, 5.41) is 13.1. The highest BCUT2D eigenvalue weighted by Crippen LogP contribution is 2.23. The first kappa shape index (κ1) is 13.8. The van der Waals surface area contributed by atoms with Crippen LogP contribution < -0.4 is 5.32 Å². The van der Waals surface area contributed by atoms with E-state index in [2.05, 4.69) is 10.2 Å². The fraction of sp³-hybridized carbons (Fsp3) is 0.923. The van der Waals surface area contributed by atoms with Crippen LogP contribution in [0.25, 0.3) is 0 Å². The molecule has 0 saturated carbocycles. The van der Waals surface area contributed by atoms with Crippen molar-refractivity contribution in [3.8, 4) is 0 Å². The first-order valence-corrected chi connectivity index (χ1v) is 6.92. The molecule has 0 aromatic heterocycles. The summed E-state index contributed by atoms with van der Waals surface area (Å²) in [6.07, 6.45) is 2.41. The molecule has 5 nitrogen and oxygen atoms in total. The number of likely N-dealkylation sites (N-methyl/N-ethyl adjacent to an activating group) is 1. The molecule has 2 fully saturated rings. The molecule has 2 N–H and O–H groups in total. The summed E-state index contributed by atoms with van der Waals surface area (Å²) in [5.74, 6) is 0.333. The number of β-amino-alcohol motifs (C(OH)–C–C–N with tert-alkyl or cyclic N) is 1. The third-order valence-electron chi connectivity index (χ3n) is 3.90. The molecular formula is C13H25N3O2. The quantitative estimate of drug-likeness (QED) is 0.714. The molecule has 3 unspecified atom stereocenters. The van der Waals surface area contributed by atoms with Crippen LogP contribution in [0.15, 0.2) is 0 Å². The van der Waals surface area contributed by atoms with Gasteiger partial charge >= 0.3 is 0 Å². The van der Waals surface area contributed by atoms with Crippen LogP contribution in [0.2, 0.25) is 0 Å². The lowest BCUT2D eigenvalue weighted by Gasteiger charge is -2.31. The zero-order valence-electron chi connectivity index (χ0n) is 11.4. The number of nitrogens with one attached hydrogen (secondary N) is 1. The second kappa shape index (κ2) is 5.99. The van der Waals surface area contributed by atoms with Gasteiger partial charge in [0.25, 0.3) is 0 Å². The average Bonchev–Trinajstić information content (AvgIpc) is 2.69. The van der Waals surface area contributed by atoms with Gasteiger partial charge in [0.1, 0.15) is 0 Å². The minimum atomic E-state index is -0.351. The lowest BCUT2D eigenvalue weighted by Crippen LogP contribution is -2.47. The number of likely N-dealkylation sites (tertiary alicyclic amines) is 1. The van der Waals surface area contributed by atoms with Gasteiger partial charge in [0.05, 0.1) is 12.0 Å². The maximum Gasteiger partial charge on any atom is 0.227 e. The summed E-state index contributed by atoms with van der Waals surface area (Å²) in [7, 11) is 4.02. The van der Waals surface area contributed by atoms with Gasteiger partial charge in [0, 0.05) is 25.7 Å². The van der Waals surface area contributed by atoms with E-state index in [1.807, 2.05) is 19.0 Å². The summed E-state index contributed by atoms with van der Waals surface area (Å²) in [6.45, 7) is 3.16. The fourth-order valence-electron chi connectivity index (χ4n) is 3.05. The van der Waals surface area contributed by atoms with Crippen molar-refractivity contribution in [2.45, 2.75) is 31.4 Å². The lowest BCUT2D eigenvalue weighted by molar-refractivity contribution is -0.137. The number of piperidine rings is 1. The maximum absolute atomic E-state index is 12.5. The molecule has 2 rings (SSSR count). The van der Waals surface area contributed by atoms with Gasteiger partial charge in [0.15, 0.2) is 0 Å². The minimum absolute atomic E-state index is 0.105. The first-order valence-electron chi connectivity index (χ1n) is 6.92. The minimum Gasteiger partial charge on any atom is -0.391 e. The third-order valence-corrected chi connectivity index (χ3v) is 3.90. The van der Waals surface area contributed by atoms with E-state index < -0.39 is 0 Å². The molecule has 104 valence electrons. The van der Waals surface area contributed by atoms with Crippen LogP contribution >= 0.6 is 0 Å². The number of aliphatic hydroxyl groups is 1. The maximum atomic E-state index is 12.5. The average molecular weight is 255 g/mol. The van der Waals surface area contributed by atoms with Crippen LogP contribution in [0.4, 0.5) is 0 Å². The first-order chi connectivity index (χ1) is 8.58. The fourth-order valence-corrected chi connectivity index (χ4v) is 3.05. The zero-order chi connectivity index (χ0) is 13.1. The molecule has 18 heavy (non-hydrogen) atoms. The van der Waals surface area contributed by atoms with E-state index >= 15 is 0 Å². The van der Waals surface area contributed by atoms with Crippen molar-refractivity contribution in [1.82, 2.24) is 15.1 Å². The van der Waals surface area contributed by atoms with Gasteiger partial charge in [-0.3, -0.25) is 4.79 Å².